The van der Waals surface area contributed by atoms with Gasteiger partial charge in [-0.25, -0.2) is 19.0 Å². The zero-order chi connectivity index (χ0) is 49.9. The van der Waals surface area contributed by atoms with Crippen LogP contribution in [-0.2, 0) is 64.3 Å². The number of rotatable bonds is 17. The fraction of sp³-hybridized carbons (Fsp3) is 0.463. The van der Waals surface area contributed by atoms with E-state index in [1.54, 1.807) is 60.6 Å². The topological polar surface area (TPSA) is 168 Å². The minimum absolute atomic E-state index is 0.0212. The summed E-state index contributed by atoms with van der Waals surface area (Å²) in [5.74, 6) is -2.39. The van der Waals surface area contributed by atoms with E-state index in [9.17, 15) is 28.1 Å². The number of pyridine rings is 2. The second-order valence-electron chi connectivity index (χ2n) is 18.7. The first-order valence-corrected chi connectivity index (χ1v) is 26.8. The van der Waals surface area contributed by atoms with Crippen molar-refractivity contribution in [1.29, 1.82) is 0 Å². The molecule has 3 aromatic carbocycles. The highest BCUT2D eigenvalue weighted by atomic mass is 31.2. The lowest BCUT2D eigenvalue weighted by Crippen LogP contribution is -2.48. The molecule has 2 atom stereocenters. The number of likely N-dealkylation sites (tertiary alicyclic amines) is 2. The Labute approximate surface area is 413 Å². The number of nitrogens with one attached hydrogen (secondary N) is 1. The molecule has 0 saturated carbocycles. The van der Waals surface area contributed by atoms with Gasteiger partial charge in [0.15, 0.2) is 5.78 Å². The number of hydrogen-bond acceptors (Lipinski definition) is 13. The SMILES string of the molecule is CCOP(=O)(OCC)C(Nc1ccc(CCCC(=O)OC2(CC)C(=O)OCc3c2cc2n(c3=O)Cc3c-2nc2ccc(OC(=O)N4CCC(N5CCCCC5)CC4)cc2c3CC)cc1)c1cccc(F)c1. The minimum atomic E-state index is -3.77. The third-order valence-electron chi connectivity index (χ3n) is 14.4. The molecule has 9 rings (SSSR count). The van der Waals surface area contributed by atoms with Crippen LogP contribution in [-0.4, -0.2) is 82.8 Å². The molecule has 376 valence electrons. The van der Waals surface area contributed by atoms with Gasteiger partial charge >= 0.3 is 25.6 Å². The molecule has 0 aliphatic carbocycles. The Morgan fingerprint density at radius 3 is 2.35 bits per heavy atom. The number of aromatic nitrogens is 2. The summed E-state index contributed by atoms with van der Waals surface area (Å²) in [5, 5.41) is 4.05. The van der Waals surface area contributed by atoms with Crippen molar-refractivity contribution in [2.24, 2.45) is 0 Å². The van der Waals surface area contributed by atoms with Crippen LogP contribution in [0.25, 0.3) is 22.3 Å². The molecule has 1 amide bonds. The van der Waals surface area contributed by atoms with Crippen LogP contribution in [0.3, 0.4) is 0 Å². The van der Waals surface area contributed by atoms with Gasteiger partial charge in [-0.05, 0) is 144 Å². The highest BCUT2D eigenvalue weighted by Crippen LogP contribution is 2.61. The number of nitrogens with zero attached hydrogens (tertiary/aromatic N) is 4. The standard InChI is InChI=1S/C54H63FN5O10P/c1-5-41-42-31-40(69-53(64)59-28-24-39(25-29-59)58-26-10-9-11-27-58)22-23-46(42)57-49-43(41)33-60-47(49)32-45-44(51(60)62)34-66-52(63)54(45,6-2)70-48(61)17-12-14-35-18-20-38(21-19-35)56-50(36-15-13-16-37(55)30-36)71(65,67-7-3)68-8-4/h13,15-16,18-23,30-32,39,50,56H,5-12,14,17,24-29,33-34H2,1-4H3. The lowest BCUT2D eigenvalue weighted by atomic mass is 9.85. The van der Waals surface area contributed by atoms with Crippen LogP contribution < -0.4 is 15.6 Å². The predicted octanol–water partition coefficient (Wildman–Crippen LogP) is 10.2. The molecule has 6 heterocycles. The number of amides is 1. The number of halogens is 1. The van der Waals surface area contributed by atoms with Crippen LogP contribution in [0.2, 0.25) is 0 Å². The maximum absolute atomic E-state index is 14.4. The fourth-order valence-electron chi connectivity index (χ4n) is 10.8. The van der Waals surface area contributed by atoms with Crippen molar-refractivity contribution in [3.8, 4) is 17.1 Å². The highest BCUT2D eigenvalue weighted by Gasteiger charge is 2.50. The van der Waals surface area contributed by atoms with Gasteiger partial charge in [0.2, 0.25) is 5.60 Å². The van der Waals surface area contributed by atoms with E-state index in [1.807, 2.05) is 31.2 Å². The van der Waals surface area contributed by atoms with E-state index in [2.05, 4.69) is 10.2 Å². The van der Waals surface area contributed by atoms with Crippen molar-refractivity contribution in [2.45, 2.75) is 122 Å². The van der Waals surface area contributed by atoms with E-state index in [0.717, 1.165) is 48.0 Å². The molecule has 0 radical (unpaired) electrons. The van der Waals surface area contributed by atoms with Gasteiger partial charge in [0.25, 0.3) is 5.56 Å². The van der Waals surface area contributed by atoms with E-state index < -0.39 is 36.7 Å². The summed E-state index contributed by atoms with van der Waals surface area (Å²) in [4.78, 5) is 64.7. The number of carbonyl (C=O) groups excluding carboxylic acids is 3. The molecular formula is C54H63FN5O10P. The normalized spacial score (nSPS) is 18.6. The summed E-state index contributed by atoms with van der Waals surface area (Å²) >= 11 is 0. The van der Waals surface area contributed by atoms with E-state index in [1.165, 1.54) is 37.5 Å². The van der Waals surface area contributed by atoms with Gasteiger partial charge in [-0.15, -0.1) is 0 Å². The third kappa shape index (κ3) is 10.1. The van der Waals surface area contributed by atoms with Crippen LogP contribution in [0.15, 0.2) is 77.6 Å². The van der Waals surface area contributed by atoms with Gasteiger partial charge in [-0.2, -0.15) is 0 Å². The molecule has 15 nitrogen and oxygen atoms in total. The highest BCUT2D eigenvalue weighted by molar-refractivity contribution is 7.54. The Morgan fingerprint density at radius 2 is 1.66 bits per heavy atom. The number of aryl methyl sites for hydroxylation is 2. The average molecular weight is 992 g/mol. The summed E-state index contributed by atoms with van der Waals surface area (Å²) in [6.07, 6.45) is 6.81. The smallest absolute Gasteiger partial charge is 0.415 e. The van der Waals surface area contributed by atoms with Crippen LogP contribution in [0.1, 0.15) is 118 Å². The zero-order valence-corrected chi connectivity index (χ0v) is 41.9. The van der Waals surface area contributed by atoms with Gasteiger partial charge in [0, 0.05) is 47.8 Å². The molecular weight excluding hydrogens is 929 g/mol. The number of carbonyl (C=O) groups is 3. The number of benzene rings is 3. The maximum atomic E-state index is 14.4. The number of hydrogen-bond donors (Lipinski definition) is 1. The van der Waals surface area contributed by atoms with Gasteiger partial charge < -0.3 is 42.9 Å². The monoisotopic (exact) mass is 991 g/mol. The first-order valence-electron chi connectivity index (χ1n) is 25.2. The number of ether oxygens (including phenoxy) is 3. The molecule has 4 aliphatic heterocycles. The summed E-state index contributed by atoms with van der Waals surface area (Å²) in [5.41, 5.74) is 3.90. The van der Waals surface area contributed by atoms with Crippen LogP contribution in [0, 0.1) is 5.82 Å². The largest absolute Gasteiger partial charge is 0.457 e. The maximum Gasteiger partial charge on any atom is 0.415 e. The van der Waals surface area contributed by atoms with Gasteiger partial charge in [0.1, 0.15) is 18.2 Å². The molecule has 2 unspecified atom stereocenters. The van der Waals surface area contributed by atoms with Crippen molar-refractivity contribution in [2.75, 3.05) is 44.7 Å². The molecule has 1 N–H and O–H groups in total. The molecule has 0 bridgehead atoms. The van der Waals surface area contributed by atoms with Crippen LogP contribution in [0.5, 0.6) is 5.75 Å². The second-order valence-corrected chi connectivity index (χ2v) is 20.8. The Balaban J connectivity index is 0.884. The first kappa shape index (κ1) is 50.0. The number of anilines is 1. The van der Waals surface area contributed by atoms with Crippen molar-refractivity contribution in [3.05, 3.63) is 122 Å². The molecule has 2 aromatic heterocycles. The van der Waals surface area contributed by atoms with Crippen molar-refractivity contribution in [3.63, 3.8) is 0 Å². The number of piperidine rings is 2. The van der Waals surface area contributed by atoms with Gasteiger partial charge in [-0.1, -0.05) is 44.5 Å². The van der Waals surface area contributed by atoms with E-state index >= 15 is 0 Å². The lowest BCUT2D eigenvalue weighted by Gasteiger charge is -2.39. The molecule has 2 fully saturated rings. The molecule has 71 heavy (non-hydrogen) atoms. The Kier molecular flexibility index (Phi) is 15.1. The molecule has 17 heteroatoms. The third-order valence-corrected chi connectivity index (χ3v) is 16.7. The Bertz CT molecular complexity index is 2910. The second kappa shape index (κ2) is 21.4. The fourth-order valence-corrected chi connectivity index (χ4v) is 12.7. The lowest BCUT2D eigenvalue weighted by molar-refractivity contribution is -0.189. The Morgan fingerprint density at radius 1 is 0.915 bits per heavy atom. The van der Waals surface area contributed by atoms with Crippen LogP contribution in [0.4, 0.5) is 14.9 Å². The molecule has 5 aromatic rings. The van der Waals surface area contributed by atoms with Crippen LogP contribution >= 0.6 is 7.60 Å². The zero-order valence-electron chi connectivity index (χ0n) is 41.0. The predicted molar refractivity (Wildman–Crippen MR) is 267 cm³/mol. The van der Waals surface area contributed by atoms with Crippen molar-refractivity contribution >= 4 is 42.2 Å². The summed E-state index contributed by atoms with van der Waals surface area (Å²) in [7, 11) is -3.77. The quantitative estimate of drug-likeness (QED) is 0.0678. The summed E-state index contributed by atoms with van der Waals surface area (Å²) in [6.45, 7) is 11.0. The van der Waals surface area contributed by atoms with E-state index in [-0.39, 0.29) is 56.4 Å². The number of esters is 2. The molecule has 2 saturated heterocycles. The minimum Gasteiger partial charge on any atom is -0.457 e. The number of cyclic esters (lactones) is 1. The summed E-state index contributed by atoms with van der Waals surface area (Å²) in [6, 6.07) is 20.9. The van der Waals surface area contributed by atoms with E-state index in [0.29, 0.717) is 77.9 Å². The van der Waals surface area contributed by atoms with Crippen molar-refractivity contribution in [1.82, 2.24) is 19.4 Å². The van der Waals surface area contributed by atoms with Gasteiger partial charge in [-0.3, -0.25) is 14.2 Å². The Hall–Kier alpha value is -5.93. The molecule has 0 spiro atoms. The first-order chi connectivity index (χ1) is 34.4. The molecule has 4 aliphatic rings. The van der Waals surface area contributed by atoms with Gasteiger partial charge in [0.05, 0.1) is 42.2 Å². The van der Waals surface area contributed by atoms with Crippen molar-refractivity contribution < 1.29 is 46.6 Å². The average Bonchev–Trinajstić information content (AvgIpc) is 3.75. The summed E-state index contributed by atoms with van der Waals surface area (Å²) < 4.78 is 58.8. The number of fused-ring (bicyclic) bond motifs is 5. The van der Waals surface area contributed by atoms with E-state index in [4.69, 9.17) is 28.2 Å².